The number of carbonyl (C=O) groups excluding carboxylic acids is 2. The SMILES string of the molecule is CC[C@@H](C)NC(=O)[C@@H](CC)N(Cc1ccccc1Cl)C(=O)CSCc1c(F)cccc1Cl. The van der Waals surface area contributed by atoms with Crippen molar-refractivity contribution in [3.8, 4) is 0 Å². The van der Waals surface area contributed by atoms with Crippen molar-refractivity contribution in [2.24, 2.45) is 0 Å². The number of amides is 2. The van der Waals surface area contributed by atoms with Crippen molar-refractivity contribution in [1.29, 1.82) is 0 Å². The summed E-state index contributed by atoms with van der Waals surface area (Å²) in [4.78, 5) is 27.7. The van der Waals surface area contributed by atoms with Crippen LogP contribution in [0.1, 0.15) is 44.7 Å². The van der Waals surface area contributed by atoms with Gasteiger partial charge in [0.1, 0.15) is 11.9 Å². The Balaban J connectivity index is 2.19. The van der Waals surface area contributed by atoms with E-state index in [9.17, 15) is 14.0 Å². The molecule has 0 aromatic heterocycles. The third-order valence-electron chi connectivity index (χ3n) is 5.22. The molecule has 8 heteroatoms. The zero-order chi connectivity index (χ0) is 23.7. The molecule has 4 nitrogen and oxygen atoms in total. The van der Waals surface area contributed by atoms with Crippen LogP contribution in [0, 0.1) is 5.82 Å². The Morgan fingerprint density at radius 1 is 1.06 bits per heavy atom. The van der Waals surface area contributed by atoms with E-state index in [-0.39, 0.29) is 35.9 Å². The van der Waals surface area contributed by atoms with Gasteiger partial charge in [0.2, 0.25) is 11.8 Å². The first-order chi connectivity index (χ1) is 15.3. The molecule has 2 aromatic rings. The van der Waals surface area contributed by atoms with E-state index in [2.05, 4.69) is 5.32 Å². The van der Waals surface area contributed by atoms with Crippen LogP contribution in [0.25, 0.3) is 0 Å². The number of thioether (sulfide) groups is 1. The van der Waals surface area contributed by atoms with Crippen molar-refractivity contribution in [1.82, 2.24) is 10.2 Å². The van der Waals surface area contributed by atoms with Gasteiger partial charge in [-0.15, -0.1) is 11.8 Å². The Kier molecular flexibility index (Phi) is 10.8. The van der Waals surface area contributed by atoms with Gasteiger partial charge < -0.3 is 10.2 Å². The van der Waals surface area contributed by atoms with Crippen LogP contribution in [0.5, 0.6) is 0 Å². The molecule has 0 saturated carbocycles. The van der Waals surface area contributed by atoms with Gasteiger partial charge in [-0.3, -0.25) is 9.59 Å². The van der Waals surface area contributed by atoms with Gasteiger partial charge >= 0.3 is 0 Å². The maximum atomic E-state index is 14.0. The van der Waals surface area contributed by atoms with Crippen LogP contribution in [0.4, 0.5) is 4.39 Å². The standard InChI is InChI=1S/C24H29Cl2FN2O2S/c1-4-16(3)28-24(31)22(5-2)29(13-17-9-6-7-10-19(17)25)23(30)15-32-14-18-20(26)11-8-12-21(18)27/h6-12,16,22H,4-5,13-15H2,1-3H3,(H,28,31)/t16-,22-/m1/s1. The Hall–Kier alpha value is -1.76. The van der Waals surface area contributed by atoms with Gasteiger partial charge in [0.05, 0.1) is 5.75 Å². The third kappa shape index (κ3) is 7.39. The zero-order valence-electron chi connectivity index (χ0n) is 18.5. The lowest BCUT2D eigenvalue weighted by Gasteiger charge is -2.31. The van der Waals surface area contributed by atoms with Crippen molar-refractivity contribution in [2.45, 2.75) is 58.0 Å². The van der Waals surface area contributed by atoms with E-state index in [1.165, 1.54) is 17.8 Å². The summed E-state index contributed by atoms with van der Waals surface area (Å²) in [6.45, 7) is 6.01. The van der Waals surface area contributed by atoms with Gasteiger partial charge in [-0.05, 0) is 43.5 Å². The molecular formula is C24H29Cl2FN2O2S. The molecule has 0 bridgehead atoms. The summed E-state index contributed by atoms with van der Waals surface area (Å²) in [6.07, 6.45) is 1.25. The average molecular weight is 499 g/mol. The van der Waals surface area contributed by atoms with Gasteiger partial charge in [-0.2, -0.15) is 0 Å². The summed E-state index contributed by atoms with van der Waals surface area (Å²) in [5.41, 5.74) is 1.13. The van der Waals surface area contributed by atoms with Crippen molar-refractivity contribution in [3.05, 3.63) is 69.5 Å². The highest BCUT2D eigenvalue weighted by Crippen LogP contribution is 2.25. The summed E-state index contributed by atoms with van der Waals surface area (Å²) < 4.78 is 14.0. The molecule has 2 amide bonds. The topological polar surface area (TPSA) is 49.4 Å². The van der Waals surface area contributed by atoms with Crippen LogP contribution in [-0.2, 0) is 21.9 Å². The number of hydrogen-bond acceptors (Lipinski definition) is 3. The summed E-state index contributed by atoms with van der Waals surface area (Å²) in [5.74, 6) is -0.461. The highest BCUT2D eigenvalue weighted by molar-refractivity contribution is 7.99. The molecule has 2 rings (SSSR count). The molecule has 0 aliphatic rings. The largest absolute Gasteiger partial charge is 0.352 e. The Morgan fingerprint density at radius 3 is 2.38 bits per heavy atom. The molecule has 0 saturated heterocycles. The zero-order valence-corrected chi connectivity index (χ0v) is 20.9. The van der Waals surface area contributed by atoms with Crippen molar-refractivity contribution in [2.75, 3.05) is 5.75 Å². The maximum absolute atomic E-state index is 14.0. The van der Waals surface area contributed by atoms with E-state index >= 15 is 0 Å². The van der Waals surface area contributed by atoms with Crippen LogP contribution in [0.2, 0.25) is 10.0 Å². The number of carbonyl (C=O) groups is 2. The monoisotopic (exact) mass is 498 g/mol. The number of benzene rings is 2. The Bertz CT molecular complexity index is 908. The molecule has 0 aliphatic carbocycles. The van der Waals surface area contributed by atoms with E-state index in [1.807, 2.05) is 39.0 Å². The van der Waals surface area contributed by atoms with E-state index in [0.717, 1.165) is 12.0 Å². The fourth-order valence-corrected chi connectivity index (χ4v) is 4.61. The number of rotatable bonds is 11. The van der Waals surface area contributed by atoms with E-state index in [4.69, 9.17) is 23.2 Å². The Morgan fingerprint density at radius 2 is 1.75 bits per heavy atom. The second kappa shape index (κ2) is 13.1. The van der Waals surface area contributed by atoms with E-state index < -0.39 is 11.9 Å². The fraction of sp³-hybridized carbons (Fsp3) is 0.417. The van der Waals surface area contributed by atoms with Crippen LogP contribution >= 0.6 is 35.0 Å². The average Bonchev–Trinajstić information content (AvgIpc) is 2.76. The first-order valence-electron chi connectivity index (χ1n) is 10.6. The van der Waals surface area contributed by atoms with Crippen LogP contribution < -0.4 is 5.32 Å². The first kappa shape index (κ1) is 26.5. The third-order valence-corrected chi connectivity index (χ3v) is 6.89. The molecule has 174 valence electrons. The van der Waals surface area contributed by atoms with Crippen molar-refractivity contribution in [3.63, 3.8) is 0 Å². The molecule has 1 N–H and O–H groups in total. The summed E-state index contributed by atoms with van der Waals surface area (Å²) >= 11 is 13.7. The molecule has 2 atom stereocenters. The molecule has 0 fully saturated rings. The minimum absolute atomic E-state index is 0.00591. The molecule has 0 radical (unpaired) electrons. The highest BCUT2D eigenvalue weighted by Gasteiger charge is 2.29. The van der Waals surface area contributed by atoms with Crippen LogP contribution in [-0.4, -0.2) is 34.6 Å². The van der Waals surface area contributed by atoms with Gasteiger partial charge in [-0.1, -0.05) is 61.3 Å². The molecule has 0 unspecified atom stereocenters. The number of nitrogens with one attached hydrogen (secondary N) is 1. The fourth-order valence-electron chi connectivity index (χ4n) is 3.16. The smallest absolute Gasteiger partial charge is 0.243 e. The highest BCUT2D eigenvalue weighted by atomic mass is 35.5. The van der Waals surface area contributed by atoms with E-state index in [0.29, 0.717) is 22.0 Å². The number of hydrogen-bond donors (Lipinski definition) is 1. The van der Waals surface area contributed by atoms with Crippen molar-refractivity contribution < 1.29 is 14.0 Å². The number of nitrogens with zero attached hydrogens (tertiary/aromatic N) is 1. The molecule has 32 heavy (non-hydrogen) atoms. The first-order valence-corrected chi connectivity index (χ1v) is 12.5. The summed E-state index contributed by atoms with van der Waals surface area (Å²) in [7, 11) is 0. The maximum Gasteiger partial charge on any atom is 0.243 e. The predicted molar refractivity (Wildman–Crippen MR) is 132 cm³/mol. The lowest BCUT2D eigenvalue weighted by molar-refractivity contribution is -0.139. The predicted octanol–water partition coefficient (Wildman–Crippen LogP) is 6.09. The Labute approximate surface area is 203 Å². The molecule has 0 heterocycles. The quantitative estimate of drug-likeness (QED) is 0.407. The van der Waals surface area contributed by atoms with Gasteiger partial charge in [0, 0.05) is 33.9 Å². The second-order valence-corrected chi connectivity index (χ2v) is 9.35. The summed E-state index contributed by atoms with van der Waals surface area (Å²) in [6, 6.07) is 11.2. The van der Waals surface area contributed by atoms with Crippen molar-refractivity contribution >= 4 is 46.8 Å². The molecule has 0 aliphatic heterocycles. The molecule has 0 spiro atoms. The lowest BCUT2D eigenvalue weighted by atomic mass is 10.1. The van der Waals surface area contributed by atoms with Gasteiger partial charge in [-0.25, -0.2) is 4.39 Å². The lowest BCUT2D eigenvalue weighted by Crippen LogP contribution is -2.51. The van der Waals surface area contributed by atoms with Gasteiger partial charge in [0.25, 0.3) is 0 Å². The minimum Gasteiger partial charge on any atom is -0.352 e. The second-order valence-electron chi connectivity index (χ2n) is 7.55. The van der Waals surface area contributed by atoms with Crippen LogP contribution in [0.3, 0.4) is 0 Å². The van der Waals surface area contributed by atoms with E-state index in [1.54, 1.807) is 23.1 Å². The molecule has 2 aromatic carbocycles. The minimum atomic E-state index is -0.634. The molecular weight excluding hydrogens is 470 g/mol. The summed E-state index contributed by atoms with van der Waals surface area (Å²) in [5, 5.41) is 3.84. The van der Waals surface area contributed by atoms with Gasteiger partial charge in [0.15, 0.2) is 0 Å². The number of halogens is 3. The van der Waals surface area contributed by atoms with Crippen LogP contribution in [0.15, 0.2) is 42.5 Å². The normalized spacial score (nSPS) is 12.8.